The number of nitrogens with one attached hydrogen (secondary N) is 1. The van der Waals surface area contributed by atoms with E-state index in [2.05, 4.69) is 30.4 Å². The van der Waals surface area contributed by atoms with Gasteiger partial charge in [-0.1, -0.05) is 13.8 Å². The Morgan fingerprint density at radius 3 is 2.56 bits per heavy atom. The van der Waals surface area contributed by atoms with Crippen LogP contribution in [0, 0.1) is 17.2 Å². The molecule has 2 saturated heterocycles. The fourth-order valence-electron chi connectivity index (χ4n) is 7.16. The Hall–Kier alpha value is -4.11. The highest BCUT2D eigenvalue weighted by Gasteiger charge is 2.54. The Bertz CT molecular complexity index is 1660. The number of hydrogen-bond acceptors (Lipinski definition) is 10. The molecule has 11 nitrogen and oxygen atoms in total. The highest BCUT2D eigenvalue weighted by Crippen LogP contribution is 2.52. The van der Waals surface area contributed by atoms with Gasteiger partial charge in [0.15, 0.2) is 5.82 Å². The summed E-state index contributed by atoms with van der Waals surface area (Å²) in [6.45, 7) is 11.9. The quantitative estimate of drug-likeness (QED) is 0.282. The van der Waals surface area contributed by atoms with Crippen molar-refractivity contribution in [3.05, 3.63) is 59.4 Å². The van der Waals surface area contributed by atoms with Crippen LogP contribution in [0.4, 0.5) is 23.4 Å². The molecule has 0 atom stereocenters. The molecule has 1 saturated carbocycles. The Labute approximate surface area is 289 Å². The summed E-state index contributed by atoms with van der Waals surface area (Å²) < 4.78 is 66.6. The van der Waals surface area contributed by atoms with E-state index in [1.165, 1.54) is 31.8 Å². The summed E-state index contributed by atoms with van der Waals surface area (Å²) in [4.78, 5) is 27.3. The SMILES string of the molecule is CC.CC(C)N(CC(F)(F)F)C(=O)c1cc(F)ccc1Oc1nncnc1N1CC2(CC(Oc3ccnc4c3CN(CC3CNC3)CC4)C2)C1. The lowest BCUT2D eigenvalue weighted by Gasteiger charge is -2.58. The molecular weight excluding hydrogens is 656 g/mol. The number of amides is 1. The second-order valence-electron chi connectivity index (χ2n) is 13.7. The summed E-state index contributed by atoms with van der Waals surface area (Å²) in [6, 6.07) is 4.29. The minimum Gasteiger partial charge on any atom is -0.490 e. The van der Waals surface area contributed by atoms with Crippen LogP contribution in [0.5, 0.6) is 17.4 Å². The van der Waals surface area contributed by atoms with Gasteiger partial charge in [-0.15, -0.1) is 10.2 Å². The Balaban J connectivity index is 0.00000212. The lowest BCUT2D eigenvalue weighted by atomic mass is 9.61. The number of hydrogen-bond donors (Lipinski definition) is 1. The van der Waals surface area contributed by atoms with Crippen molar-refractivity contribution in [2.75, 3.05) is 50.7 Å². The molecule has 5 heterocycles. The summed E-state index contributed by atoms with van der Waals surface area (Å²) in [7, 11) is 0. The lowest BCUT2D eigenvalue weighted by Crippen LogP contribution is -2.65. The van der Waals surface area contributed by atoms with Crippen molar-refractivity contribution in [2.24, 2.45) is 11.3 Å². The first-order valence-electron chi connectivity index (χ1n) is 17.3. The molecular formula is C35H44F4N8O3. The number of anilines is 1. The number of nitrogens with zero attached hydrogens (tertiary/aromatic N) is 7. The van der Waals surface area contributed by atoms with E-state index in [9.17, 15) is 22.4 Å². The van der Waals surface area contributed by atoms with Gasteiger partial charge in [-0.05, 0) is 56.9 Å². The van der Waals surface area contributed by atoms with Crippen molar-refractivity contribution in [1.29, 1.82) is 0 Å². The van der Waals surface area contributed by atoms with E-state index in [1.54, 1.807) is 0 Å². The van der Waals surface area contributed by atoms with Crippen molar-refractivity contribution in [2.45, 2.75) is 71.8 Å². The van der Waals surface area contributed by atoms with E-state index < -0.39 is 30.5 Å². The van der Waals surface area contributed by atoms with Crippen molar-refractivity contribution >= 4 is 11.7 Å². The first kappa shape index (κ1) is 35.7. The average Bonchev–Trinajstić information content (AvgIpc) is 3.03. The van der Waals surface area contributed by atoms with Crippen LogP contribution in [0.2, 0.25) is 0 Å². The highest BCUT2D eigenvalue weighted by molar-refractivity contribution is 5.97. The van der Waals surface area contributed by atoms with Gasteiger partial charge in [-0.3, -0.25) is 14.7 Å². The molecule has 2 aromatic heterocycles. The van der Waals surface area contributed by atoms with Gasteiger partial charge in [0.05, 0.1) is 5.56 Å². The van der Waals surface area contributed by atoms with Gasteiger partial charge in [-0.25, -0.2) is 9.37 Å². The van der Waals surface area contributed by atoms with Crippen LogP contribution in [0.15, 0.2) is 36.8 Å². The molecule has 1 spiro atoms. The van der Waals surface area contributed by atoms with Crippen molar-refractivity contribution < 1.29 is 31.8 Å². The molecule has 0 bridgehead atoms. The summed E-state index contributed by atoms with van der Waals surface area (Å²) in [5.74, 6) is 0.0168. The fraction of sp³-hybridized carbons (Fsp3) is 0.571. The van der Waals surface area contributed by atoms with Gasteiger partial charge >= 0.3 is 6.18 Å². The summed E-state index contributed by atoms with van der Waals surface area (Å²) in [6.07, 6.45) is 1.21. The first-order valence-corrected chi connectivity index (χ1v) is 17.3. The zero-order valence-corrected chi connectivity index (χ0v) is 28.8. The van der Waals surface area contributed by atoms with E-state index in [4.69, 9.17) is 9.47 Å². The fourth-order valence-corrected chi connectivity index (χ4v) is 7.16. The van der Waals surface area contributed by atoms with Gasteiger partial charge < -0.3 is 24.6 Å². The molecule has 0 radical (unpaired) electrons. The van der Waals surface area contributed by atoms with Gasteiger partial charge in [0, 0.05) is 81.1 Å². The standard InChI is InChI=1S/C33H38F4N8O3.C2H6/c1-20(2)45(18-33(35,36)37)31(46)24-9-22(34)3-4-27(24)48-30-29(40-19-41-42-30)44-16-32(17-44)10-23(11-32)47-28-5-7-39-26-6-8-43(15-25(26)28)14-21-12-38-13-21;1-2/h3-5,7,9,19-21,23,38H,6,8,10-18H2,1-2H3;1-2H3. The zero-order valence-electron chi connectivity index (χ0n) is 28.8. The molecule has 1 aliphatic carbocycles. The molecule has 0 unspecified atom stereocenters. The zero-order chi connectivity index (χ0) is 35.6. The van der Waals surface area contributed by atoms with E-state index >= 15 is 0 Å². The predicted molar refractivity (Wildman–Crippen MR) is 178 cm³/mol. The Morgan fingerprint density at radius 2 is 1.88 bits per heavy atom. The molecule has 1 aromatic carbocycles. The van der Waals surface area contributed by atoms with Gasteiger partial charge in [0.25, 0.3) is 11.8 Å². The number of halogens is 4. The summed E-state index contributed by atoms with van der Waals surface area (Å²) in [5, 5.41) is 11.2. The third-order valence-corrected chi connectivity index (χ3v) is 9.68. The number of fused-ring (bicyclic) bond motifs is 1. The molecule has 4 aliphatic rings. The average molecular weight is 701 g/mol. The van der Waals surface area contributed by atoms with E-state index in [0.29, 0.717) is 29.7 Å². The minimum atomic E-state index is -4.64. The van der Waals surface area contributed by atoms with Crippen molar-refractivity contribution in [1.82, 2.24) is 35.3 Å². The minimum absolute atomic E-state index is 0.0299. The lowest BCUT2D eigenvalue weighted by molar-refractivity contribution is -0.143. The number of pyridine rings is 1. The maximum absolute atomic E-state index is 14.3. The number of alkyl halides is 3. The topological polar surface area (TPSA) is 109 Å². The molecule has 15 heteroatoms. The number of ether oxygens (including phenoxy) is 2. The number of carbonyl (C=O) groups is 1. The van der Waals surface area contributed by atoms with Crippen LogP contribution in [-0.2, 0) is 13.0 Å². The van der Waals surface area contributed by atoms with E-state index in [-0.39, 0.29) is 28.7 Å². The van der Waals surface area contributed by atoms with E-state index in [0.717, 1.165) is 75.6 Å². The number of benzene rings is 1. The molecule has 7 rings (SSSR count). The molecule has 3 aromatic rings. The molecule has 1 amide bonds. The molecule has 3 aliphatic heterocycles. The monoisotopic (exact) mass is 700 g/mol. The summed E-state index contributed by atoms with van der Waals surface area (Å²) in [5.41, 5.74) is 1.99. The van der Waals surface area contributed by atoms with Gasteiger partial charge in [0.2, 0.25) is 0 Å². The van der Waals surface area contributed by atoms with Crippen LogP contribution >= 0.6 is 0 Å². The normalized spacial score (nSPS) is 18.7. The number of aromatic nitrogens is 4. The second-order valence-corrected chi connectivity index (χ2v) is 13.7. The number of rotatable bonds is 10. The van der Waals surface area contributed by atoms with Crippen LogP contribution in [0.3, 0.4) is 0 Å². The highest BCUT2D eigenvalue weighted by atomic mass is 19.4. The largest absolute Gasteiger partial charge is 0.490 e. The summed E-state index contributed by atoms with van der Waals surface area (Å²) >= 11 is 0. The smallest absolute Gasteiger partial charge is 0.406 e. The molecule has 50 heavy (non-hydrogen) atoms. The van der Waals surface area contributed by atoms with Crippen LogP contribution in [0.1, 0.15) is 62.2 Å². The predicted octanol–water partition coefficient (Wildman–Crippen LogP) is 5.26. The number of carbonyl (C=O) groups excluding carboxylic acids is 1. The van der Waals surface area contributed by atoms with Gasteiger partial charge in [0.1, 0.15) is 36.3 Å². The molecule has 3 fully saturated rings. The molecule has 270 valence electrons. The third kappa shape index (κ3) is 7.78. The molecule has 1 N–H and O–H groups in total. The maximum atomic E-state index is 14.3. The third-order valence-electron chi connectivity index (χ3n) is 9.68. The maximum Gasteiger partial charge on any atom is 0.406 e. The van der Waals surface area contributed by atoms with Crippen molar-refractivity contribution in [3.8, 4) is 17.4 Å². The van der Waals surface area contributed by atoms with Crippen molar-refractivity contribution in [3.63, 3.8) is 0 Å². The second kappa shape index (κ2) is 14.6. The van der Waals surface area contributed by atoms with Crippen LogP contribution < -0.4 is 19.7 Å². The van der Waals surface area contributed by atoms with Crippen LogP contribution in [0.25, 0.3) is 0 Å². The van der Waals surface area contributed by atoms with Gasteiger partial charge in [-0.2, -0.15) is 13.2 Å². The first-order chi connectivity index (χ1) is 24.0. The Morgan fingerprint density at radius 1 is 1.12 bits per heavy atom. The van der Waals surface area contributed by atoms with Crippen LogP contribution in [-0.4, -0.2) is 100 Å². The van der Waals surface area contributed by atoms with E-state index in [1.807, 2.05) is 31.0 Å². The Kier molecular flexibility index (Phi) is 10.4.